The highest BCUT2D eigenvalue weighted by molar-refractivity contribution is 6.01. The fourth-order valence-corrected chi connectivity index (χ4v) is 3.56. The third kappa shape index (κ3) is 6.36. The number of carbonyl (C=O) groups is 3. The molecule has 2 amide bonds. The zero-order chi connectivity index (χ0) is 20.4. The van der Waals surface area contributed by atoms with E-state index in [1.165, 1.54) is 0 Å². The van der Waals surface area contributed by atoms with Gasteiger partial charge in [-0.05, 0) is 51.2 Å². The molecule has 28 heavy (non-hydrogen) atoms. The molecular formula is C22H32N2O4. The molecule has 6 heteroatoms. The molecule has 6 nitrogen and oxygen atoms in total. The summed E-state index contributed by atoms with van der Waals surface area (Å²) in [5, 5.41) is 5.88. The van der Waals surface area contributed by atoms with Crippen LogP contribution in [0, 0.1) is 11.8 Å². The number of hydrogen-bond acceptors (Lipinski definition) is 4. The van der Waals surface area contributed by atoms with Crippen LogP contribution in [0.15, 0.2) is 24.3 Å². The van der Waals surface area contributed by atoms with Crippen molar-refractivity contribution in [2.24, 2.45) is 11.8 Å². The van der Waals surface area contributed by atoms with Gasteiger partial charge in [0.25, 0.3) is 0 Å². The topological polar surface area (TPSA) is 84.5 Å². The Balaban J connectivity index is 1.84. The lowest BCUT2D eigenvalue weighted by Crippen LogP contribution is -2.36. The normalized spacial score (nSPS) is 18.9. The molecule has 1 aliphatic carbocycles. The van der Waals surface area contributed by atoms with Gasteiger partial charge >= 0.3 is 5.97 Å². The Labute approximate surface area is 167 Å². The first-order valence-electron chi connectivity index (χ1n) is 10.4. The number of para-hydroxylation sites is 1. The molecule has 2 rings (SSSR count). The SMILES string of the molecule is CCCCCNC(=O)C1CCC(C(=O)Nc2ccccc2C(=O)OCC)CC1. The largest absolute Gasteiger partial charge is 0.462 e. The monoisotopic (exact) mass is 388 g/mol. The molecule has 1 fully saturated rings. The van der Waals surface area contributed by atoms with Crippen LogP contribution in [0.4, 0.5) is 5.69 Å². The smallest absolute Gasteiger partial charge is 0.340 e. The highest BCUT2D eigenvalue weighted by atomic mass is 16.5. The van der Waals surface area contributed by atoms with Crippen LogP contribution in [0.1, 0.15) is 69.2 Å². The van der Waals surface area contributed by atoms with Gasteiger partial charge in [-0.15, -0.1) is 0 Å². The van der Waals surface area contributed by atoms with Gasteiger partial charge in [-0.2, -0.15) is 0 Å². The molecule has 1 aromatic rings. The number of amides is 2. The van der Waals surface area contributed by atoms with E-state index in [-0.39, 0.29) is 30.3 Å². The van der Waals surface area contributed by atoms with Crippen LogP contribution in [0.25, 0.3) is 0 Å². The van der Waals surface area contributed by atoms with Crippen molar-refractivity contribution in [2.75, 3.05) is 18.5 Å². The van der Waals surface area contributed by atoms with Crippen LogP contribution in [0.5, 0.6) is 0 Å². The van der Waals surface area contributed by atoms with E-state index >= 15 is 0 Å². The molecule has 154 valence electrons. The molecular weight excluding hydrogens is 356 g/mol. The quantitative estimate of drug-likeness (QED) is 0.496. The van der Waals surface area contributed by atoms with Crippen molar-refractivity contribution < 1.29 is 19.1 Å². The van der Waals surface area contributed by atoms with Crippen molar-refractivity contribution in [3.05, 3.63) is 29.8 Å². The van der Waals surface area contributed by atoms with Crippen LogP contribution >= 0.6 is 0 Å². The maximum Gasteiger partial charge on any atom is 0.340 e. The molecule has 0 bridgehead atoms. The minimum atomic E-state index is -0.443. The molecule has 2 N–H and O–H groups in total. The van der Waals surface area contributed by atoms with Crippen molar-refractivity contribution in [3.8, 4) is 0 Å². The van der Waals surface area contributed by atoms with Gasteiger partial charge in [0.15, 0.2) is 0 Å². The first-order valence-corrected chi connectivity index (χ1v) is 10.4. The first-order chi connectivity index (χ1) is 13.6. The summed E-state index contributed by atoms with van der Waals surface area (Å²) in [6, 6.07) is 6.87. The lowest BCUT2D eigenvalue weighted by Gasteiger charge is -2.27. The molecule has 1 saturated carbocycles. The van der Waals surface area contributed by atoms with E-state index in [1.807, 2.05) is 0 Å². The lowest BCUT2D eigenvalue weighted by atomic mass is 9.81. The summed E-state index contributed by atoms with van der Waals surface area (Å²) in [5.41, 5.74) is 0.833. The van der Waals surface area contributed by atoms with E-state index in [0.29, 0.717) is 24.1 Å². The zero-order valence-corrected chi connectivity index (χ0v) is 17.0. The number of carbonyl (C=O) groups excluding carboxylic acids is 3. The molecule has 0 radical (unpaired) electrons. The van der Waals surface area contributed by atoms with Gasteiger partial charge in [0.2, 0.25) is 11.8 Å². The average Bonchev–Trinajstić information content (AvgIpc) is 2.71. The highest BCUT2D eigenvalue weighted by Crippen LogP contribution is 2.30. The molecule has 1 aromatic carbocycles. The molecule has 0 aliphatic heterocycles. The maximum absolute atomic E-state index is 12.7. The first kappa shape index (κ1) is 21.9. The van der Waals surface area contributed by atoms with Gasteiger partial charge in [0.05, 0.1) is 17.9 Å². The van der Waals surface area contributed by atoms with Gasteiger partial charge in [0.1, 0.15) is 0 Å². The zero-order valence-electron chi connectivity index (χ0n) is 17.0. The third-order valence-corrected chi connectivity index (χ3v) is 5.23. The molecule has 0 aromatic heterocycles. The minimum absolute atomic E-state index is 0.00232. The van der Waals surface area contributed by atoms with Gasteiger partial charge in [-0.3, -0.25) is 9.59 Å². The Morgan fingerprint density at radius 1 is 0.964 bits per heavy atom. The second-order valence-electron chi connectivity index (χ2n) is 7.30. The lowest BCUT2D eigenvalue weighted by molar-refractivity contribution is -0.128. The summed E-state index contributed by atoms with van der Waals surface area (Å²) in [5.74, 6) is -0.570. The molecule has 0 atom stereocenters. The summed E-state index contributed by atoms with van der Waals surface area (Å²) in [6.07, 6.45) is 6.07. The summed E-state index contributed by atoms with van der Waals surface area (Å²) >= 11 is 0. The van der Waals surface area contributed by atoms with Gasteiger partial charge in [0, 0.05) is 18.4 Å². The fraction of sp³-hybridized carbons (Fsp3) is 0.591. The van der Waals surface area contributed by atoms with E-state index in [1.54, 1.807) is 31.2 Å². The predicted molar refractivity (Wildman–Crippen MR) is 109 cm³/mol. The Morgan fingerprint density at radius 3 is 2.25 bits per heavy atom. The Morgan fingerprint density at radius 2 is 1.61 bits per heavy atom. The fourth-order valence-electron chi connectivity index (χ4n) is 3.56. The van der Waals surface area contributed by atoms with Crippen LogP contribution in [-0.2, 0) is 14.3 Å². The Hall–Kier alpha value is -2.37. The number of ether oxygens (including phenoxy) is 1. The average molecular weight is 389 g/mol. The van der Waals surface area contributed by atoms with Crippen LogP contribution < -0.4 is 10.6 Å². The van der Waals surface area contributed by atoms with E-state index < -0.39 is 5.97 Å². The van der Waals surface area contributed by atoms with E-state index in [4.69, 9.17) is 4.74 Å². The van der Waals surface area contributed by atoms with Crippen molar-refractivity contribution in [3.63, 3.8) is 0 Å². The van der Waals surface area contributed by atoms with Crippen molar-refractivity contribution in [1.82, 2.24) is 5.32 Å². The molecule has 0 spiro atoms. The minimum Gasteiger partial charge on any atom is -0.462 e. The van der Waals surface area contributed by atoms with Crippen LogP contribution in [0.2, 0.25) is 0 Å². The second kappa shape index (κ2) is 11.5. The molecule has 0 unspecified atom stereocenters. The number of rotatable bonds is 9. The van der Waals surface area contributed by atoms with Crippen molar-refractivity contribution >= 4 is 23.5 Å². The van der Waals surface area contributed by atoms with E-state index in [0.717, 1.165) is 38.6 Å². The van der Waals surface area contributed by atoms with E-state index in [9.17, 15) is 14.4 Å². The van der Waals surface area contributed by atoms with Crippen molar-refractivity contribution in [1.29, 1.82) is 0 Å². The number of unbranched alkanes of at least 4 members (excludes halogenated alkanes) is 2. The number of esters is 1. The predicted octanol–water partition coefficient (Wildman–Crippen LogP) is 3.91. The number of benzene rings is 1. The van der Waals surface area contributed by atoms with Crippen LogP contribution in [0.3, 0.4) is 0 Å². The van der Waals surface area contributed by atoms with Gasteiger partial charge in [-0.25, -0.2) is 4.79 Å². The Kier molecular flexibility index (Phi) is 8.98. The number of hydrogen-bond donors (Lipinski definition) is 2. The number of anilines is 1. The van der Waals surface area contributed by atoms with Crippen LogP contribution in [-0.4, -0.2) is 30.9 Å². The van der Waals surface area contributed by atoms with Crippen molar-refractivity contribution in [2.45, 2.75) is 58.8 Å². The summed E-state index contributed by atoms with van der Waals surface area (Å²) in [6.45, 7) is 4.90. The molecule has 0 saturated heterocycles. The van der Waals surface area contributed by atoms with Gasteiger partial charge < -0.3 is 15.4 Å². The Bertz CT molecular complexity index is 666. The summed E-state index contributed by atoms with van der Waals surface area (Å²) < 4.78 is 5.05. The second-order valence-corrected chi connectivity index (χ2v) is 7.30. The van der Waals surface area contributed by atoms with Gasteiger partial charge in [-0.1, -0.05) is 31.9 Å². The maximum atomic E-state index is 12.7. The van der Waals surface area contributed by atoms with E-state index in [2.05, 4.69) is 17.6 Å². The molecule has 1 aliphatic rings. The molecule has 0 heterocycles. The summed E-state index contributed by atoms with van der Waals surface area (Å²) in [7, 11) is 0. The highest BCUT2D eigenvalue weighted by Gasteiger charge is 2.30. The summed E-state index contributed by atoms with van der Waals surface area (Å²) in [4.78, 5) is 37.0. The number of nitrogens with one attached hydrogen (secondary N) is 2. The standard InChI is InChI=1S/C22H32N2O4/c1-3-5-8-15-23-20(25)16-11-13-17(14-12-16)21(26)24-19-10-7-6-9-18(19)22(27)28-4-2/h6-7,9-10,16-17H,3-5,8,11-15H2,1-2H3,(H,23,25)(H,24,26). The third-order valence-electron chi connectivity index (χ3n) is 5.23.